The second-order valence-electron chi connectivity index (χ2n) is 5.24. The first-order valence-electron chi connectivity index (χ1n) is 7.05. The van der Waals surface area contributed by atoms with Crippen molar-refractivity contribution in [2.45, 2.75) is 6.42 Å². The molecule has 3 aromatic heterocycles. The first-order chi connectivity index (χ1) is 10.3. The molecule has 5 nitrogen and oxygen atoms in total. The van der Waals surface area contributed by atoms with Crippen molar-refractivity contribution in [1.82, 2.24) is 19.7 Å². The minimum Gasteiger partial charge on any atom is -0.377 e. The van der Waals surface area contributed by atoms with Crippen molar-refractivity contribution in [3.05, 3.63) is 42.5 Å². The maximum Gasteiger partial charge on any atom is 0.138 e. The first-order valence-corrected chi connectivity index (χ1v) is 7.05. The number of aryl methyl sites for hydroxylation is 1. The van der Waals surface area contributed by atoms with Gasteiger partial charge in [0.2, 0.25) is 0 Å². The van der Waals surface area contributed by atoms with E-state index in [1.54, 1.807) is 0 Å². The second-order valence-corrected chi connectivity index (χ2v) is 5.24. The monoisotopic (exact) mass is 280 g/mol. The molecule has 21 heavy (non-hydrogen) atoms. The van der Waals surface area contributed by atoms with Gasteiger partial charge < -0.3 is 9.72 Å². The van der Waals surface area contributed by atoms with Gasteiger partial charge in [-0.2, -0.15) is 5.10 Å². The van der Waals surface area contributed by atoms with Gasteiger partial charge in [0.1, 0.15) is 5.65 Å². The van der Waals surface area contributed by atoms with E-state index in [-0.39, 0.29) is 0 Å². The van der Waals surface area contributed by atoms with Crippen LogP contribution in [0.3, 0.4) is 0 Å². The predicted octanol–water partition coefficient (Wildman–Crippen LogP) is 2.77. The molecule has 0 spiro atoms. The van der Waals surface area contributed by atoms with Gasteiger partial charge in [0, 0.05) is 42.2 Å². The van der Waals surface area contributed by atoms with Crippen LogP contribution in [0.4, 0.5) is 0 Å². The lowest BCUT2D eigenvalue weighted by atomic mass is 9.96. The Labute approximate surface area is 122 Å². The molecule has 0 amide bonds. The number of aromatic amines is 1. The molecule has 0 saturated heterocycles. The smallest absolute Gasteiger partial charge is 0.138 e. The molecular weight excluding hydrogens is 264 g/mol. The molecule has 0 radical (unpaired) electrons. The van der Waals surface area contributed by atoms with Crippen molar-refractivity contribution in [3.63, 3.8) is 0 Å². The third-order valence-corrected chi connectivity index (χ3v) is 3.90. The highest BCUT2D eigenvalue weighted by Gasteiger charge is 2.16. The Morgan fingerprint density at radius 3 is 3.05 bits per heavy atom. The highest BCUT2D eigenvalue weighted by molar-refractivity contribution is 6.01. The van der Waals surface area contributed by atoms with Gasteiger partial charge in [0.25, 0.3) is 0 Å². The van der Waals surface area contributed by atoms with Gasteiger partial charge in [-0.15, -0.1) is 0 Å². The van der Waals surface area contributed by atoms with Crippen LogP contribution in [-0.2, 0) is 11.8 Å². The highest BCUT2D eigenvalue weighted by Crippen LogP contribution is 2.34. The summed E-state index contributed by atoms with van der Waals surface area (Å²) < 4.78 is 7.24. The summed E-state index contributed by atoms with van der Waals surface area (Å²) in [5.41, 5.74) is 5.74. The van der Waals surface area contributed by atoms with E-state index in [1.807, 2.05) is 36.5 Å². The van der Waals surface area contributed by atoms with E-state index in [2.05, 4.69) is 27.2 Å². The zero-order valence-electron chi connectivity index (χ0n) is 11.8. The number of fused-ring (bicyclic) bond motifs is 1. The first kappa shape index (κ1) is 12.3. The molecule has 4 heterocycles. The molecule has 4 rings (SSSR count). The zero-order valence-corrected chi connectivity index (χ0v) is 11.8. The molecule has 3 aromatic rings. The largest absolute Gasteiger partial charge is 0.377 e. The third kappa shape index (κ3) is 2.06. The van der Waals surface area contributed by atoms with Crippen molar-refractivity contribution >= 4 is 16.6 Å². The van der Waals surface area contributed by atoms with Crippen LogP contribution in [0.2, 0.25) is 0 Å². The number of hydrogen-bond donors (Lipinski definition) is 1. The van der Waals surface area contributed by atoms with E-state index in [1.165, 1.54) is 16.5 Å². The molecule has 0 aliphatic carbocycles. The Balaban J connectivity index is 1.95. The fourth-order valence-corrected chi connectivity index (χ4v) is 2.88. The molecule has 1 aliphatic heterocycles. The Bertz CT molecular complexity index is 828. The van der Waals surface area contributed by atoms with Crippen LogP contribution in [0.5, 0.6) is 0 Å². The summed E-state index contributed by atoms with van der Waals surface area (Å²) in [6.07, 6.45) is 10.9. The summed E-state index contributed by atoms with van der Waals surface area (Å²) in [6, 6.07) is 2.09. The van der Waals surface area contributed by atoms with Gasteiger partial charge >= 0.3 is 0 Å². The van der Waals surface area contributed by atoms with Crippen LogP contribution in [0.25, 0.3) is 27.7 Å². The molecule has 0 fully saturated rings. The van der Waals surface area contributed by atoms with E-state index in [0.29, 0.717) is 6.61 Å². The summed E-state index contributed by atoms with van der Waals surface area (Å²) in [7, 11) is 1.93. The lowest BCUT2D eigenvalue weighted by Gasteiger charge is -2.15. The van der Waals surface area contributed by atoms with Gasteiger partial charge in [0.05, 0.1) is 19.4 Å². The highest BCUT2D eigenvalue weighted by atomic mass is 16.5. The number of pyridine rings is 1. The average molecular weight is 280 g/mol. The summed E-state index contributed by atoms with van der Waals surface area (Å²) in [5.74, 6) is 0. The number of ether oxygens (including phenoxy) is 1. The lowest BCUT2D eigenvalue weighted by Crippen LogP contribution is -2.04. The Morgan fingerprint density at radius 1 is 1.33 bits per heavy atom. The van der Waals surface area contributed by atoms with E-state index in [4.69, 9.17) is 4.74 Å². The van der Waals surface area contributed by atoms with E-state index >= 15 is 0 Å². The van der Waals surface area contributed by atoms with Gasteiger partial charge in [-0.3, -0.25) is 4.68 Å². The number of rotatable bonds is 2. The Morgan fingerprint density at radius 2 is 2.29 bits per heavy atom. The van der Waals surface area contributed by atoms with Crippen LogP contribution >= 0.6 is 0 Å². The van der Waals surface area contributed by atoms with Crippen molar-refractivity contribution in [1.29, 1.82) is 0 Å². The maximum atomic E-state index is 5.42. The van der Waals surface area contributed by atoms with Crippen LogP contribution in [0.15, 0.2) is 36.9 Å². The van der Waals surface area contributed by atoms with Crippen molar-refractivity contribution in [3.8, 4) is 11.1 Å². The third-order valence-electron chi connectivity index (χ3n) is 3.90. The van der Waals surface area contributed by atoms with Gasteiger partial charge in [-0.1, -0.05) is 6.08 Å². The minimum atomic E-state index is 0.686. The molecule has 1 N–H and O–H groups in total. The Hall–Kier alpha value is -2.40. The van der Waals surface area contributed by atoms with Crippen LogP contribution in [0.1, 0.15) is 12.0 Å². The molecule has 0 unspecified atom stereocenters. The summed E-state index contributed by atoms with van der Waals surface area (Å²) in [4.78, 5) is 7.72. The average Bonchev–Trinajstić information content (AvgIpc) is 3.13. The second kappa shape index (κ2) is 4.86. The van der Waals surface area contributed by atoms with E-state index in [0.717, 1.165) is 29.8 Å². The molecule has 5 heteroatoms. The maximum absolute atomic E-state index is 5.42. The number of nitrogens with one attached hydrogen (secondary N) is 1. The van der Waals surface area contributed by atoms with E-state index in [9.17, 15) is 0 Å². The van der Waals surface area contributed by atoms with Crippen molar-refractivity contribution < 1.29 is 4.74 Å². The molecule has 0 saturated carbocycles. The minimum absolute atomic E-state index is 0.686. The normalized spacial score (nSPS) is 15.4. The summed E-state index contributed by atoms with van der Waals surface area (Å²) in [6.45, 7) is 1.47. The molecular formula is C16H16N4O. The van der Waals surface area contributed by atoms with E-state index < -0.39 is 0 Å². The molecule has 0 bridgehead atoms. The van der Waals surface area contributed by atoms with Crippen LogP contribution in [-0.4, -0.2) is 33.0 Å². The molecule has 1 aliphatic rings. The van der Waals surface area contributed by atoms with Gasteiger partial charge in [0.15, 0.2) is 0 Å². The van der Waals surface area contributed by atoms with Gasteiger partial charge in [-0.05, 0) is 23.6 Å². The van der Waals surface area contributed by atoms with Crippen LogP contribution in [0, 0.1) is 0 Å². The van der Waals surface area contributed by atoms with Crippen molar-refractivity contribution in [2.75, 3.05) is 13.2 Å². The topological polar surface area (TPSA) is 55.7 Å². The fraction of sp³-hybridized carbons (Fsp3) is 0.250. The number of hydrogen-bond acceptors (Lipinski definition) is 3. The number of H-pyrrole nitrogens is 1. The molecule has 0 aromatic carbocycles. The number of nitrogens with zero attached hydrogens (tertiary/aromatic N) is 3. The lowest BCUT2D eigenvalue weighted by molar-refractivity contribution is 0.161. The summed E-state index contributed by atoms with van der Waals surface area (Å²) >= 11 is 0. The van der Waals surface area contributed by atoms with Gasteiger partial charge in [-0.25, -0.2) is 4.98 Å². The predicted molar refractivity (Wildman–Crippen MR) is 81.7 cm³/mol. The standard InChI is InChI=1S/C16H16N4O/c1-20-10-12(8-19-20)14-9-18-16-15(14)13(2-5-17-16)11-3-6-21-7-4-11/h2-3,5,8-10H,4,6-7H2,1H3,(H,17,18). The fourth-order valence-electron chi connectivity index (χ4n) is 2.88. The van der Waals surface area contributed by atoms with Crippen LogP contribution < -0.4 is 0 Å². The summed E-state index contributed by atoms with van der Waals surface area (Å²) in [5, 5.41) is 5.43. The SMILES string of the molecule is Cn1cc(-c2c[nH]c3nccc(C4=CCOCC4)c23)cn1. The number of aromatic nitrogens is 4. The quantitative estimate of drug-likeness (QED) is 0.785. The molecule has 106 valence electrons. The van der Waals surface area contributed by atoms with Crippen molar-refractivity contribution in [2.24, 2.45) is 7.05 Å². The zero-order chi connectivity index (χ0) is 14.2. The Kier molecular flexibility index (Phi) is 2.86. The molecule has 0 atom stereocenters.